The van der Waals surface area contributed by atoms with Gasteiger partial charge in [-0.1, -0.05) is 182 Å². The first kappa shape index (κ1) is 28.0. The summed E-state index contributed by atoms with van der Waals surface area (Å²) in [6, 6.07) is 70.8. The van der Waals surface area contributed by atoms with Crippen molar-refractivity contribution in [2.75, 3.05) is 0 Å². The van der Waals surface area contributed by atoms with Crippen LogP contribution in [-0.4, -0.2) is 0 Å². The molecule has 0 atom stereocenters. The molecule has 0 saturated carbocycles. The summed E-state index contributed by atoms with van der Waals surface area (Å²) in [6.07, 6.45) is 0. The Hall–Kier alpha value is -6.24. The van der Waals surface area contributed by atoms with E-state index in [-0.39, 0.29) is 0 Å². The summed E-state index contributed by atoms with van der Waals surface area (Å²) in [5.74, 6) is 0. The van der Waals surface area contributed by atoms with Crippen molar-refractivity contribution in [3.63, 3.8) is 0 Å². The highest BCUT2D eigenvalue weighted by molar-refractivity contribution is 6.24. The maximum absolute atomic E-state index is 2.43. The number of benzene rings is 9. The van der Waals surface area contributed by atoms with E-state index in [1.54, 1.807) is 0 Å². The largest absolute Gasteiger partial charge is 0.0622 e. The second kappa shape index (κ2) is 11.8. The minimum atomic E-state index is 1.21. The zero-order valence-corrected chi connectivity index (χ0v) is 26.5. The van der Waals surface area contributed by atoms with Gasteiger partial charge in [-0.15, -0.1) is 0 Å². The molecule has 9 rings (SSSR count). The maximum atomic E-state index is 2.43. The number of fused-ring (bicyclic) bond motifs is 3. The molecule has 0 heteroatoms. The van der Waals surface area contributed by atoms with E-state index in [1.165, 1.54) is 88.0 Å². The highest BCUT2D eigenvalue weighted by Gasteiger charge is 2.20. The van der Waals surface area contributed by atoms with Gasteiger partial charge in [0.2, 0.25) is 0 Å². The Morgan fingerprint density at radius 2 is 0.667 bits per heavy atom. The maximum Gasteiger partial charge on any atom is -0.00199 e. The minimum absolute atomic E-state index is 1.21. The first-order chi connectivity index (χ1) is 23.8. The van der Waals surface area contributed by atoms with E-state index in [0.717, 1.165) is 0 Å². The summed E-state index contributed by atoms with van der Waals surface area (Å²) in [7, 11) is 0. The van der Waals surface area contributed by atoms with Gasteiger partial charge in [0.25, 0.3) is 0 Å². The third-order valence-corrected chi connectivity index (χ3v) is 9.67. The SMILES string of the molecule is c1ccc(-c2cccc(-c3ccc4c(-c5cccc6ccccc56)c5ccccc5c(-c5ccccc5-c5ccccc5)c4c3)c2)cc1. The van der Waals surface area contributed by atoms with Gasteiger partial charge in [-0.2, -0.15) is 0 Å². The van der Waals surface area contributed by atoms with Gasteiger partial charge >= 0.3 is 0 Å². The quantitative estimate of drug-likeness (QED) is 0.171. The molecule has 0 radical (unpaired) electrons. The highest BCUT2D eigenvalue weighted by atomic mass is 14.2. The van der Waals surface area contributed by atoms with Crippen LogP contribution in [0.25, 0.3) is 88.0 Å². The van der Waals surface area contributed by atoms with Crippen LogP contribution in [0.5, 0.6) is 0 Å². The van der Waals surface area contributed by atoms with Crippen LogP contribution in [0.1, 0.15) is 0 Å². The lowest BCUT2D eigenvalue weighted by atomic mass is 9.82. The molecule has 224 valence electrons. The first-order valence-electron chi connectivity index (χ1n) is 16.6. The predicted molar refractivity (Wildman–Crippen MR) is 206 cm³/mol. The van der Waals surface area contributed by atoms with Crippen molar-refractivity contribution < 1.29 is 0 Å². The molecule has 0 aliphatic rings. The Balaban J connectivity index is 1.40. The van der Waals surface area contributed by atoms with Crippen LogP contribution in [0.3, 0.4) is 0 Å². The fraction of sp³-hybridized carbons (Fsp3) is 0. The van der Waals surface area contributed by atoms with Crippen LogP contribution in [0.2, 0.25) is 0 Å². The molecule has 0 spiro atoms. The molecule has 0 aliphatic heterocycles. The van der Waals surface area contributed by atoms with Crippen LogP contribution >= 0.6 is 0 Å². The van der Waals surface area contributed by atoms with Crippen LogP contribution in [0.4, 0.5) is 0 Å². The topological polar surface area (TPSA) is 0 Å². The lowest BCUT2D eigenvalue weighted by Gasteiger charge is -2.21. The molecule has 0 nitrogen and oxygen atoms in total. The van der Waals surface area contributed by atoms with Gasteiger partial charge in [0.05, 0.1) is 0 Å². The summed E-state index contributed by atoms with van der Waals surface area (Å²) < 4.78 is 0. The van der Waals surface area contributed by atoms with Crippen molar-refractivity contribution in [2.24, 2.45) is 0 Å². The molecule has 0 heterocycles. The van der Waals surface area contributed by atoms with Crippen molar-refractivity contribution in [2.45, 2.75) is 0 Å². The molecule has 0 saturated heterocycles. The van der Waals surface area contributed by atoms with Crippen LogP contribution < -0.4 is 0 Å². The van der Waals surface area contributed by atoms with Crippen LogP contribution in [0, 0.1) is 0 Å². The molecule has 0 aliphatic carbocycles. The average molecular weight is 609 g/mol. The summed E-state index contributed by atoms with van der Waals surface area (Å²) in [5.41, 5.74) is 12.4. The molecule has 0 N–H and O–H groups in total. The van der Waals surface area contributed by atoms with Gasteiger partial charge in [-0.05, 0) is 100 Å². The van der Waals surface area contributed by atoms with Gasteiger partial charge in [0.15, 0.2) is 0 Å². The molecule has 48 heavy (non-hydrogen) atoms. The zero-order chi connectivity index (χ0) is 31.9. The summed E-state index contributed by atoms with van der Waals surface area (Å²) >= 11 is 0. The summed E-state index contributed by atoms with van der Waals surface area (Å²) in [5, 5.41) is 7.54. The minimum Gasteiger partial charge on any atom is -0.0622 e. The zero-order valence-electron chi connectivity index (χ0n) is 26.5. The summed E-state index contributed by atoms with van der Waals surface area (Å²) in [4.78, 5) is 0. The van der Waals surface area contributed by atoms with Gasteiger partial charge in [-0.25, -0.2) is 0 Å². The third kappa shape index (κ3) is 4.78. The number of hydrogen-bond donors (Lipinski definition) is 0. The van der Waals surface area contributed by atoms with Crippen LogP contribution in [0.15, 0.2) is 194 Å². The van der Waals surface area contributed by atoms with E-state index in [9.17, 15) is 0 Å². The fourth-order valence-corrected chi connectivity index (χ4v) is 7.46. The monoisotopic (exact) mass is 608 g/mol. The average Bonchev–Trinajstić information content (AvgIpc) is 3.17. The van der Waals surface area contributed by atoms with Crippen molar-refractivity contribution in [3.8, 4) is 55.6 Å². The van der Waals surface area contributed by atoms with Crippen molar-refractivity contribution in [1.29, 1.82) is 0 Å². The van der Waals surface area contributed by atoms with E-state index in [4.69, 9.17) is 0 Å². The van der Waals surface area contributed by atoms with Crippen molar-refractivity contribution in [1.82, 2.24) is 0 Å². The van der Waals surface area contributed by atoms with Crippen molar-refractivity contribution >= 4 is 32.3 Å². The molecular weight excluding hydrogens is 577 g/mol. The lowest BCUT2D eigenvalue weighted by Crippen LogP contribution is -1.94. The Bertz CT molecular complexity index is 2590. The number of rotatable bonds is 5. The predicted octanol–water partition coefficient (Wildman–Crippen LogP) is 13.5. The number of hydrogen-bond acceptors (Lipinski definition) is 0. The Kier molecular flexibility index (Phi) is 6.91. The molecular formula is C48H32. The standard InChI is InChI=1S/C48H32/c1-3-15-33(16-4-1)36-21-13-22-37(31-36)38-29-30-45-46(32-38)48(41-25-10-9-24-39(41)34-17-5-2-6-18-34)44-27-12-11-26-43(44)47(45)42-28-14-20-35-19-7-8-23-40(35)42/h1-32H. The molecule has 0 aromatic heterocycles. The molecule has 9 aromatic rings. The second-order valence-corrected chi connectivity index (χ2v) is 12.4. The Labute approximate surface area is 281 Å². The first-order valence-corrected chi connectivity index (χ1v) is 16.6. The van der Waals surface area contributed by atoms with E-state index in [2.05, 4.69) is 194 Å². The Morgan fingerprint density at radius 3 is 1.42 bits per heavy atom. The van der Waals surface area contributed by atoms with Crippen LogP contribution in [-0.2, 0) is 0 Å². The highest BCUT2D eigenvalue weighted by Crippen LogP contribution is 2.48. The molecule has 0 fully saturated rings. The van der Waals surface area contributed by atoms with Gasteiger partial charge < -0.3 is 0 Å². The van der Waals surface area contributed by atoms with Gasteiger partial charge in [-0.3, -0.25) is 0 Å². The van der Waals surface area contributed by atoms with Crippen molar-refractivity contribution in [3.05, 3.63) is 194 Å². The molecule has 0 bridgehead atoms. The van der Waals surface area contributed by atoms with Gasteiger partial charge in [0.1, 0.15) is 0 Å². The van der Waals surface area contributed by atoms with E-state index in [0.29, 0.717) is 0 Å². The fourth-order valence-electron chi connectivity index (χ4n) is 7.46. The lowest BCUT2D eigenvalue weighted by molar-refractivity contribution is 1.59. The Morgan fingerprint density at radius 1 is 0.208 bits per heavy atom. The van der Waals surface area contributed by atoms with E-state index < -0.39 is 0 Å². The van der Waals surface area contributed by atoms with E-state index >= 15 is 0 Å². The second-order valence-electron chi connectivity index (χ2n) is 12.4. The summed E-state index contributed by atoms with van der Waals surface area (Å²) in [6.45, 7) is 0. The van der Waals surface area contributed by atoms with Gasteiger partial charge in [0, 0.05) is 0 Å². The normalized spacial score (nSPS) is 11.3. The van der Waals surface area contributed by atoms with E-state index in [1.807, 2.05) is 0 Å². The smallest absolute Gasteiger partial charge is 0.00199 e. The third-order valence-electron chi connectivity index (χ3n) is 9.67. The molecule has 9 aromatic carbocycles. The molecule has 0 amide bonds. The molecule has 0 unspecified atom stereocenters.